The second-order valence-electron chi connectivity index (χ2n) is 13.8. The van der Waals surface area contributed by atoms with Crippen LogP contribution in [0.3, 0.4) is 0 Å². The van der Waals surface area contributed by atoms with Gasteiger partial charge in [0, 0.05) is 17.1 Å². The molecule has 0 radical (unpaired) electrons. The van der Waals surface area contributed by atoms with Crippen LogP contribution in [0.25, 0.3) is 76.5 Å². The standard InChI is InChI=1S/C52H35N/c1-3-12-36(13-4-1)37-24-28-44(29-25-37)53(46-33-43-17-8-10-21-48(43)52(35-46)38-14-5-2-6-15-38)45-19-11-18-41(32-45)42-23-22-40-27-30-49-47-20-9-7-16-39(47)26-31-50(49)51(40)34-42/h1-35H. The van der Waals surface area contributed by atoms with Crippen molar-refractivity contribution in [2.24, 2.45) is 0 Å². The molecule has 0 aliphatic heterocycles. The number of fused-ring (bicyclic) bond motifs is 6. The second kappa shape index (κ2) is 13.0. The van der Waals surface area contributed by atoms with Crippen molar-refractivity contribution in [3.63, 3.8) is 0 Å². The molecule has 0 atom stereocenters. The van der Waals surface area contributed by atoms with Gasteiger partial charge in [-0.05, 0) is 119 Å². The Hall–Kier alpha value is -6.96. The summed E-state index contributed by atoms with van der Waals surface area (Å²) in [5, 5.41) is 10.1. The highest BCUT2D eigenvalue weighted by atomic mass is 15.1. The first-order chi connectivity index (χ1) is 26.3. The van der Waals surface area contributed by atoms with E-state index >= 15 is 0 Å². The molecule has 0 aromatic heterocycles. The molecule has 248 valence electrons. The molecule has 10 aromatic rings. The van der Waals surface area contributed by atoms with Crippen LogP contribution < -0.4 is 4.90 Å². The van der Waals surface area contributed by atoms with Crippen molar-refractivity contribution < 1.29 is 0 Å². The summed E-state index contributed by atoms with van der Waals surface area (Å²) in [5.41, 5.74) is 10.5. The van der Waals surface area contributed by atoms with Crippen molar-refractivity contribution in [3.8, 4) is 33.4 Å². The van der Waals surface area contributed by atoms with E-state index < -0.39 is 0 Å². The van der Waals surface area contributed by atoms with Gasteiger partial charge >= 0.3 is 0 Å². The third-order valence-corrected chi connectivity index (χ3v) is 10.6. The molecule has 0 aliphatic rings. The van der Waals surface area contributed by atoms with Gasteiger partial charge < -0.3 is 4.90 Å². The number of benzene rings is 10. The van der Waals surface area contributed by atoms with Crippen LogP contribution in [0.5, 0.6) is 0 Å². The quantitative estimate of drug-likeness (QED) is 0.159. The molecule has 0 N–H and O–H groups in total. The number of hydrogen-bond acceptors (Lipinski definition) is 1. The molecule has 0 spiro atoms. The molecule has 0 saturated carbocycles. The van der Waals surface area contributed by atoms with Gasteiger partial charge in [-0.3, -0.25) is 0 Å². The van der Waals surface area contributed by atoms with E-state index in [-0.39, 0.29) is 0 Å². The fourth-order valence-electron chi connectivity index (χ4n) is 7.98. The number of hydrogen-bond donors (Lipinski definition) is 0. The first-order valence-electron chi connectivity index (χ1n) is 18.3. The van der Waals surface area contributed by atoms with Gasteiger partial charge in [0.05, 0.1) is 0 Å². The Bertz CT molecular complexity index is 2930. The van der Waals surface area contributed by atoms with E-state index in [9.17, 15) is 0 Å². The van der Waals surface area contributed by atoms with E-state index in [1.54, 1.807) is 0 Å². The van der Waals surface area contributed by atoms with E-state index in [0.29, 0.717) is 0 Å². The summed E-state index contributed by atoms with van der Waals surface area (Å²) >= 11 is 0. The summed E-state index contributed by atoms with van der Waals surface area (Å²) in [7, 11) is 0. The normalized spacial score (nSPS) is 11.4. The Kier molecular flexibility index (Phi) is 7.55. The molecule has 10 rings (SSSR count). The zero-order valence-corrected chi connectivity index (χ0v) is 29.2. The summed E-state index contributed by atoms with van der Waals surface area (Å²) in [6.45, 7) is 0. The third kappa shape index (κ3) is 5.60. The van der Waals surface area contributed by atoms with Gasteiger partial charge in [-0.15, -0.1) is 0 Å². The van der Waals surface area contributed by atoms with Crippen molar-refractivity contribution in [1.29, 1.82) is 0 Å². The predicted molar refractivity (Wildman–Crippen MR) is 227 cm³/mol. The molecule has 0 bridgehead atoms. The van der Waals surface area contributed by atoms with Crippen LogP contribution in [0, 0.1) is 0 Å². The maximum absolute atomic E-state index is 2.40. The highest BCUT2D eigenvalue weighted by Gasteiger charge is 2.17. The molecule has 53 heavy (non-hydrogen) atoms. The smallest absolute Gasteiger partial charge is 0.0474 e. The molecule has 0 heterocycles. The van der Waals surface area contributed by atoms with Crippen LogP contribution in [-0.4, -0.2) is 0 Å². The Morgan fingerprint density at radius 2 is 0.774 bits per heavy atom. The number of anilines is 3. The molecule has 0 saturated heterocycles. The second-order valence-corrected chi connectivity index (χ2v) is 13.8. The van der Waals surface area contributed by atoms with Gasteiger partial charge in [-0.2, -0.15) is 0 Å². The Morgan fingerprint density at radius 1 is 0.226 bits per heavy atom. The first kappa shape index (κ1) is 30.8. The zero-order chi connectivity index (χ0) is 35.1. The van der Waals surface area contributed by atoms with E-state index in [1.807, 2.05) is 0 Å². The maximum Gasteiger partial charge on any atom is 0.0474 e. The van der Waals surface area contributed by atoms with E-state index in [1.165, 1.54) is 76.5 Å². The summed E-state index contributed by atoms with van der Waals surface area (Å²) in [6, 6.07) is 77.3. The lowest BCUT2D eigenvalue weighted by atomic mass is 9.94. The average molecular weight is 674 g/mol. The zero-order valence-electron chi connectivity index (χ0n) is 29.2. The summed E-state index contributed by atoms with van der Waals surface area (Å²) in [4.78, 5) is 2.40. The van der Waals surface area contributed by atoms with E-state index in [0.717, 1.165) is 17.1 Å². The third-order valence-electron chi connectivity index (χ3n) is 10.6. The molecule has 0 fully saturated rings. The first-order valence-corrected chi connectivity index (χ1v) is 18.3. The minimum absolute atomic E-state index is 1.10. The maximum atomic E-state index is 2.40. The minimum atomic E-state index is 1.10. The molecule has 1 heteroatoms. The van der Waals surface area contributed by atoms with Crippen LogP contribution in [0.2, 0.25) is 0 Å². The lowest BCUT2D eigenvalue weighted by Crippen LogP contribution is -2.10. The fourth-order valence-corrected chi connectivity index (χ4v) is 7.98. The van der Waals surface area contributed by atoms with Crippen molar-refractivity contribution in [2.45, 2.75) is 0 Å². The van der Waals surface area contributed by atoms with Gasteiger partial charge in [0.15, 0.2) is 0 Å². The average Bonchev–Trinajstić information content (AvgIpc) is 3.24. The molecule has 1 nitrogen and oxygen atoms in total. The van der Waals surface area contributed by atoms with Crippen molar-refractivity contribution >= 4 is 60.2 Å². The van der Waals surface area contributed by atoms with Crippen LogP contribution in [0.4, 0.5) is 17.1 Å². The Balaban J connectivity index is 1.15. The summed E-state index contributed by atoms with van der Waals surface area (Å²) < 4.78 is 0. The van der Waals surface area contributed by atoms with Gasteiger partial charge in [0.2, 0.25) is 0 Å². The fraction of sp³-hybridized carbons (Fsp3) is 0. The molecule has 0 unspecified atom stereocenters. The minimum Gasteiger partial charge on any atom is -0.310 e. The van der Waals surface area contributed by atoms with Gasteiger partial charge in [0.25, 0.3) is 0 Å². The molecule has 10 aromatic carbocycles. The number of nitrogens with zero attached hydrogens (tertiary/aromatic N) is 1. The van der Waals surface area contributed by atoms with Crippen molar-refractivity contribution in [1.82, 2.24) is 0 Å². The van der Waals surface area contributed by atoms with Crippen molar-refractivity contribution in [3.05, 3.63) is 212 Å². The Labute approximate surface area is 309 Å². The molecule has 0 aliphatic carbocycles. The van der Waals surface area contributed by atoms with Crippen LogP contribution in [0.1, 0.15) is 0 Å². The molecule has 0 amide bonds. The van der Waals surface area contributed by atoms with E-state index in [2.05, 4.69) is 217 Å². The van der Waals surface area contributed by atoms with Gasteiger partial charge in [-0.25, -0.2) is 0 Å². The summed E-state index contributed by atoms with van der Waals surface area (Å²) in [5.74, 6) is 0. The summed E-state index contributed by atoms with van der Waals surface area (Å²) in [6.07, 6.45) is 0. The lowest BCUT2D eigenvalue weighted by molar-refractivity contribution is 1.29. The SMILES string of the molecule is c1ccc(-c2ccc(N(c3cccc(-c4ccc5ccc6c7ccccc7ccc6c5c4)c3)c3cc(-c4ccccc4)c4ccccc4c3)cc2)cc1. The topological polar surface area (TPSA) is 3.24 Å². The van der Waals surface area contributed by atoms with Crippen LogP contribution >= 0.6 is 0 Å². The molecular formula is C52H35N. The largest absolute Gasteiger partial charge is 0.310 e. The van der Waals surface area contributed by atoms with E-state index in [4.69, 9.17) is 0 Å². The highest BCUT2D eigenvalue weighted by molar-refractivity contribution is 6.17. The van der Waals surface area contributed by atoms with Crippen LogP contribution in [0.15, 0.2) is 212 Å². The lowest BCUT2D eigenvalue weighted by Gasteiger charge is -2.27. The van der Waals surface area contributed by atoms with Crippen molar-refractivity contribution in [2.75, 3.05) is 4.90 Å². The van der Waals surface area contributed by atoms with Gasteiger partial charge in [0.1, 0.15) is 0 Å². The predicted octanol–water partition coefficient (Wildman–Crippen LogP) is 14.8. The highest BCUT2D eigenvalue weighted by Crippen LogP contribution is 2.42. The number of rotatable bonds is 6. The van der Waals surface area contributed by atoms with Gasteiger partial charge in [-0.1, -0.05) is 170 Å². The monoisotopic (exact) mass is 673 g/mol. The molecular weight excluding hydrogens is 639 g/mol. The Morgan fingerprint density at radius 3 is 1.55 bits per heavy atom. The van der Waals surface area contributed by atoms with Crippen LogP contribution in [-0.2, 0) is 0 Å².